The van der Waals surface area contributed by atoms with Gasteiger partial charge < -0.3 is 10.1 Å². The van der Waals surface area contributed by atoms with Crippen LogP contribution in [0.2, 0.25) is 0 Å². The maximum Gasteiger partial charge on any atom is 0.266 e. The number of aromatic nitrogens is 2. The molecule has 0 aliphatic heterocycles. The molecule has 3 aromatic rings. The van der Waals surface area contributed by atoms with Crippen LogP contribution < -0.4 is 15.6 Å². The van der Waals surface area contributed by atoms with Crippen molar-refractivity contribution < 1.29 is 13.9 Å². The summed E-state index contributed by atoms with van der Waals surface area (Å²) in [5, 5.41) is 7.03. The second-order valence-electron chi connectivity index (χ2n) is 5.77. The molecule has 0 unspecified atom stereocenters. The second kappa shape index (κ2) is 8.27. The second-order valence-corrected chi connectivity index (χ2v) is 5.77. The van der Waals surface area contributed by atoms with Gasteiger partial charge in [-0.05, 0) is 54.6 Å². The van der Waals surface area contributed by atoms with E-state index in [4.69, 9.17) is 4.74 Å². The minimum absolute atomic E-state index is 0.217. The number of rotatable bonds is 6. The third kappa shape index (κ3) is 4.58. The minimum atomic E-state index is -0.405. The molecular weight excluding hydrogens is 349 g/mol. The Morgan fingerprint density at radius 3 is 2.44 bits per heavy atom. The van der Waals surface area contributed by atoms with Crippen molar-refractivity contribution in [3.8, 4) is 17.0 Å². The van der Waals surface area contributed by atoms with E-state index in [1.165, 1.54) is 35.0 Å². The number of benzene rings is 2. The van der Waals surface area contributed by atoms with Crippen LogP contribution in [0.25, 0.3) is 11.3 Å². The van der Waals surface area contributed by atoms with Gasteiger partial charge in [-0.15, -0.1) is 0 Å². The average molecular weight is 367 g/mol. The lowest BCUT2D eigenvalue weighted by molar-refractivity contribution is 0.0951. The molecule has 0 radical (unpaired) electrons. The molecule has 0 spiro atoms. The Morgan fingerprint density at radius 2 is 1.78 bits per heavy atom. The molecule has 3 rings (SSSR count). The Bertz CT molecular complexity index is 983. The van der Waals surface area contributed by atoms with Gasteiger partial charge in [0.05, 0.1) is 19.3 Å². The quantitative estimate of drug-likeness (QED) is 0.727. The number of hydrogen-bond acceptors (Lipinski definition) is 4. The summed E-state index contributed by atoms with van der Waals surface area (Å²) in [7, 11) is 1.59. The summed E-state index contributed by atoms with van der Waals surface area (Å²) in [5.41, 5.74) is 1.58. The normalized spacial score (nSPS) is 10.4. The van der Waals surface area contributed by atoms with Gasteiger partial charge in [-0.3, -0.25) is 9.59 Å². The summed E-state index contributed by atoms with van der Waals surface area (Å²) < 4.78 is 19.3. The van der Waals surface area contributed by atoms with Crippen LogP contribution in [0.5, 0.6) is 5.75 Å². The molecular formula is C20H18FN3O3. The highest BCUT2D eigenvalue weighted by Crippen LogP contribution is 2.19. The molecule has 27 heavy (non-hydrogen) atoms. The summed E-state index contributed by atoms with van der Waals surface area (Å²) in [6.07, 6.45) is 0. The fourth-order valence-electron chi connectivity index (χ4n) is 2.50. The van der Waals surface area contributed by atoms with E-state index in [1.807, 2.05) is 24.3 Å². The first-order valence-corrected chi connectivity index (χ1v) is 8.33. The molecule has 0 saturated carbocycles. The third-order valence-corrected chi connectivity index (χ3v) is 3.97. The Labute approximate surface area is 155 Å². The predicted molar refractivity (Wildman–Crippen MR) is 99.2 cm³/mol. The monoisotopic (exact) mass is 367 g/mol. The minimum Gasteiger partial charge on any atom is -0.497 e. The van der Waals surface area contributed by atoms with Crippen LogP contribution in [0.15, 0.2) is 65.5 Å². The summed E-state index contributed by atoms with van der Waals surface area (Å²) in [5.74, 6) is -0.0115. The van der Waals surface area contributed by atoms with Crippen LogP contribution in [0.3, 0.4) is 0 Å². The third-order valence-electron chi connectivity index (χ3n) is 3.97. The van der Waals surface area contributed by atoms with E-state index >= 15 is 0 Å². The predicted octanol–water partition coefficient (Wildman–Crippen LogP) is 2.49. The largest absolute Gasteiger partial charge is 0.497 e. The number of nitrogens with zero attached hydrogens (tertiary/aromatic N) is 2. The number of halogens is 1. The van der Waals surface area contributed by atoms with Crippen LogP contribution in [-0.2, 0) is 6.54 Å². The smallest absolute Gasteiger partial charge is 0.266 e. The zero-order valence-electron chi connectivity index (χ0n) is 14.7. The first-order valence-electron chi connectivity index (χ1n) is 8.33. The summed E-state index contributed by atoms with van der Waals surface area (Å²) in [4.78, 5) is 24.0. The molecule has 2 aromatic carbocycles. The molecule has 138 valence electrons. The van der Waals surface area contributed by atoms with Crippen molar-refractivity contribution in [1.82, 2.24) is 15.1 Å². The van der Waals surface area contributed by atoms with Crippen molar-refractivity contribution >= 4 is 5.91 Å². The van der Waals surface area contributed by atoms with Gasteiger partial charge in [0, 0.05) is 23.7 Å². The zero-order chi connectivity index (χ0) is 19.2. The lowest BCUT2D eigenvalue weighted by Crippen LogP contribution is -2.31. The number of hydrogen-bond donors (Lipinski definition) is 1. The molecule has 6 nitrogen and oxygen atoms in total. The highest BCUT2D eigenvalue weighted by Gasteiger charge is 2.07. The number of ether oxygens (including phenoxy) is 1. The van der Waals surface area contributed by atoms with Crippen molar-refractivity contribution in [3.63, 3.8) is 0 Å². The van der Waals surface area contributed by atoms with Gasteiger partial charge in [0.1, 0.15) is 11.6 Å². The fraction of sp³-hybridized carbons (Fsp3) is 0.150. The maximum atomic E-state index is 12.9. The number of carbonyl (C=O) groups is 1. The van der Waals surface area contributed by atoms with E-state index in [0.29, 0.717) is 11.3 Å². The summed E-state index contributed by atoms with van der Waals surface area (Å²) in [6, 6.07) is 15.7. The van der Waals surface area contributed by atoms with Crippen molar-refractivity contribution in [2.24, 2.45) is 0 Å². The van der Waals surface area contributed by atoms with E-state index in [0.717, 1.165) is 11.3 Å². The van der Waals surface area contributed by atoms with E-state index in [1.54, 1.807) is 13.2 Å². The van der Waals surface area contributed by atoms with Gasteiger partial charge in [-0.1, -0.05) is 0 Å². The van der Waals surface area contributed by atoms with Crippen LogP contribution in [0, 0.1) is 5.82 Å². The Hall–Kier alpha value is -3.48. The topological polar surface area (TPSA) is 73.2 Å². The molecule has 1 amide bonds. The van der Waals surface area contributed by atoms with Gasteiger partial charge in [0.2, 0.25) is 0 Å². The summed E-state index contributed by atoms with van der Waals surface area (Å²) in [6.45, 7) is 0.435. The highest BCUT2D eigenvalue weighted by molar-refractivity contribution is 5.94. The lowest BCUT2D eigenvalue weighted by Gasteiger charge is -2.09. The molecule has 1 heterocycles. The van der Waals surface area contributed by atoms with Crippen LogP contribution in [0.1, 0.15) is 10.4 Å². The molecule has 0 fully saturated rings. The van der Waals surface area contributed by atoms with Gasteiger partial charge >= 0.3 is 0 Å². The van der Waals surface area contributed by atoms with Crippen molar-refractivity contribution in [2.45, 2.75) is 6.54 Å². The number of methoxy groups -OCH3 is 1. The van der Waals surface area contributed by atoms with E-state index in [2.05, 4.69) is 10.4 Å². The van der Waals surface area contributed by atoms with E-state index < -0.39 is 5.82 Å². The molecule has 7 heteroatoms. The van der Waals surface area contributed by atoms with E-state index in [9.17, 15) is 14.0 Å². The van der Waals surface area contributed by atoms with Crippen LogP contribution >= 0.6 is 0 Å². The molecule has 1 N–H and O–H groups in total. The van der Waals surface area contributed by atoms with Crippen LogP contribution in [-0.4, -0.2) is 29.3 Å². The molecule has 0 atom stereocenters. The van der Waals surface area contributed by atoms with E-state index in [-0.39, 0.29) is 24.6 Å². The Kier molecular flexibility index (Phi) is 5.61. The van der Waals surface area contributed by atoms with Crippen molar-refractivity contribution in [2.75, 3.05) is 13.7 Å². The number of nitrogens with one attached hydrogen (secondary N) is 1. The SMILES string of the molecule is COc1ccc(-c2ccc(=O)n(CCNC(=O)c3ccc(F)cc3)n2)cc1. The standard InChI is InChI=1S/C20H18FN3O3/c1-27-17-8-4-14(5-9-17)18-10-11-19(25)24(23-18)13-12-22-20(26)15-2-6-16(21)7-3-15/h2-11H,12-13H2,1H3,(H,22,26). The van der Waals surface area contributed by atoms with Crippen molar-refractivity contribution in [3.05, 3.63) is 82.4 Å². The Balaban J connectivity index is 1.66. The van der Waals surface area contributed by atoms with Gasteiger partial charge in [-0.2, -0.15) is 5.10 Å². The number of carbonyl (C=O) groups excluding carboxylic acids is 1. The molecule has 1 aromatic heterocycles. The highest BCUT2D eigenvalue weighted by atomic mass is 19.1. The Morgan fingerprint density at radius 1 is 1.07 bits per heavy atom. The number of amides is 1. The fourth-order valence-corrected chi connectivity index (χ4v) is 2.50. The lowest BCUT2D eigenvalue weighted by atomic mass is 10.1. The molecule has 0 aliphatic carbocycles. The molecule has 0 aliphatic rings. The average Bonchev–Trinajstić information content (AvgIpc) is 2.70. The maximum absolute atomic E-state index is 12.9. The van der Waals surface area contributed by atoms with Gasteiger partial charge in [0.15, 0.2) is 0 Å². The van der Waals surface area contributed by atoms with Crippen molar-refractivity contribution in [1.29, 1.82) is 0 Å². The van der Waals surface area contributed by atoms with Gasteiger partial charge in [0.25, 0.3) is 11.5 Å². The van der Waals surface area contributed by atoms with Gasteiger partial charge in [-0.25, -0.2) is 9.07 Å². The molecule has 0 saturated heterocycles. The first kappa shape index (κ1) is 18.3. The summed E-state index contributed by atoms with van der Waals surface area (Å²) >= 11 is 0. The first-order chi connectivity index (χ1) is 13.1. The zero-order valence-corrected chi connectivity index (χ0v) is 14.7. The van der Waals surface area contributed by atoms with Crippen LogP contribution in [0.4, 0.5) is 4.39 Å². The molecule has 0 bridgehead atoms.